The first-order valence-electron chi connectivity index (χ1n) is 6.76. The Bertz CT molecular complexity index is 339. The van der Waals surface area contributed by atoms with Crippen LogP contribution in [0, 0.1) is 11.8 Å². The lowest BCUT2D eigenvalue weighted by atomic mass is 9.94. The van der Waals surface area contributed by atoms with E-state index < -0.39 is 0 Å². The smallest absolute Gasteiger partial charge is 0.0178 e. The molecule has 0 heterocycles. The van der Waals surface area contributed by atoms with Crippen LogP contribution in [-0.4, -0.2) is 0 Å². The molecule has 0 saturated carbocycles. The van der Waals surface area contributed by atoms with Crippen molar-refractivity contribution in [3.8, 4) is 0 Å². The molecule has 96 valence electrons. The summed E-state index contributed by atoms with van der Waals surface area (Å²) in [5, 5.41) is 0. The van der Waals surface area contributed by atoms with Gasteiger partial charge in [0.05, 0.1) is 0 Å². The van der Waals surface area contributed by atoms with Gasteiger partial charge in [0.25, 0.3) is 0 Å². The zero-order valence-corrected chi connectivity index (χ0v) is 13.2. The van der Waals surface area contributed by atoms with Crippen LogP contribution in [0.3, 0.4) is 0 Å². The lowest BCUT2D eigenvalue weighted by Gasteiger charge is -2.13. The number of hydrogen-bond donors (Lipinski definition) is 0. The minimum absolute atomic E-state index is 0.730. The van der Waals surface area contributed by atoms with Crippen molar-refractivity contribution in [3.63, 3.8) is 0 Å². The van der Waals surface area contributed by atoms with Crippen molar-refractivity contribution < 1.29 is 0 Å². The quantitative estimate of drug-likeness (QED) is 0.638. The van der Waals surface area contributed by atoms with Gasteiger partial charge in [-0.2, -0.15) is 0 Å². The van der Waals surface area contributed by atoms with Crippen molar-refractivity contribution in [1.29, 1.82) is 0 Å². The van der Waals surface area contributed by atoms with E-state index in [0.29, 0.717) is 0 Å². The van der Waals surface area contributed by atoms with Crippen LogP contribution in [0.2, 0.25) is 0 Å². The van der Waals surface area contributed by atoms with Crippen molar-refractivity contribution in [2.24, 2.45) is 11.8 Å². The number of aryl methyl sites for hydroxylation is 1. The number of halogens is 1. The van der Waals surface area contributed by atoms with E-state index in [-0.39, 0.29) is 0 Å². The van der Waals surface area contributed by atoms with Crippen LogP contribution in [-0.2, 0) is 12.8 Å². The van der Waals surface area contributed by atoms with E-state index in [1.54, 1.807) is 5.56 Å². The van der Waals surface area contributed by atoms with Gasteiger partial charge in [-0.05, 0) is 54.4 Å². The van der Waals surface area contributed by atoms with E-state index in [2.05, 4.69) is 61.8 Å². The summed E-state index contributed by atoms with van der Waals surface area (Å²) in [6, 6.07) is 6.77. The van der Waals surface area contributed by atoms with Crippen LogP contribution in [0.5, 0.6) is 0 Å². The Hall–Kier alpha value is -0.300. The van der Waals surface area contributed by atoms with Crippen LogP contribution in [0.4, 0.5) is 0 Å². The van der Waals surface area contributed by atoms with Crippen LogP contribution in [0.25, 0.3) is 0 Å². The summed E-state index contributed by atoms with van der Waals surface area (Å²) in [6.07, 6.45) is 5.06. The van der Waals surface area contributed by atoms with Gasteiger partial charge in [0.1, 0.15) is 0 Å². The lowest BCUT2D eigenvalue weighted by Crippen LogP contribution is -2.00. The molecule has 0 N–H and O–H groups in total. The summed E-state index contributed by atoms with van der Waals surface area (Å²) < 4.78 is 1.21. The van der Waals surface area contributed by atoms with Gasteiger partial charge in [0.15, 0.2) is 0 Å². The first kappa shape index (κ1) is 14.8. The Balaban J connectivity index is 2.68. The van der Waals surface area contributed by atoms with Gasteiger partial charge >= 0.3 is 0 Å². The molecule has 0 aliphatic rings. The molecule has 1 aromatic rings. The summed E-state index contributed by atoms with van der Waals surface area (Å²) in [5.74, 6) is 1.55. The van der Waals surface area contributed by atoms with Crippen LogP contribution >= 0.6 is 15.9 Å². The lowest BCUT2D eigenvalue weighted by molar-refractivity contribution is 0.553. The number of rotatable bonds is 6. The van der Waals surface area contributed by atoms with Crippen LogP contribution < -0.4 is 0 Å². The molecule has 0 aliphatic carbocycles. The Morgan fingerprint density at radius 1 is 1.00 bits per heavy atom. The molecule has 0 nitrogen and oxygen atoms in total. The predicted molar refractivity (Wildman–Crippen MR) is 80.5 cm³/mol. The Morgan fingerprint density at radius 3 is 2.29 bits per heavy atom. The molecule has 0 radical (unpaired) electrons. The molecular weight excluding hydrogens is 272 g/mol. The third kappa shape index (κ3) is 5.72. The van der Waals surface area contributed by atoms with Crippen molar-refractivity contribution >= 4 is 15.9 Å². The summed E-state index contributed by atoms with van der Waals surface area (Å²) in [4.78, 5) is 0. The number of hydrogen-bond acceptors (Lipinski definition) is 0. The normalized spacial score (nSPS) is 11.5. The van der Waals surface area contributed by atoms with Crippen molar-refractivity contribution in [3.05, 3.63) is 33.8 Å². The van der Waals surface area contributed by atoms with Gasteiger partial charge in [-0.15, -0.1) is 0 Å². The van der Waals surface area contributed by atoms with Crippen LogP contribution in [0.1, 0.15) is 51.7 Å². The highest BCUT2D eigenvalue weighted by atomic mass is 79.9. The van der Waals surface area contributed by atoms with E-state index in [9.17, 15) is 0 Å². The van der Waals surface area contributed by atoms with Gasteiger partial charge in [0, 0.05) is 4.47 Å². The largest absolute Gasteiger partial charge is 0.0628 e. The SMILES string of the molecule is CC(C)CCCc1ccc(Br)cc1CC(C)C. The fraction of sp³-hybridized carbons (Fsp3) is 0.625. The van der Waals surface area contributed by atoms with Crippen molar-refractivity contribution in [2.45, 2.75) is 53.4 Å². The summed E-state index contributed by atoms with van der Waals surface area (Å²) in [5.41, 5.74) is 3.07. The van der Waals surface area contributed by atoms with Gasteiger partial charge in [-0.25, -0.2) is 0 Å². The molecule has 0 amide bonds. The van der Waals surface area contributed by atoms with E-state index in [1.807, 2.05) is 0 Å². The Kier molecular flexibility index (Phi) is 6.26. The second-order valence-corrected chi connectivity index (χ2v) is 6.71. The second-order valence-electron chi connectivity index (χ2n) is 5.80. The number of benzene rings is 1. The van der Waals surface area contributed by atoms with Crippen molar-refractivity contribution in [2.75, 3.05) is 0 Å². The molecule has 0 aliphatic heterocycles. The maximum absolute atomic E-state index is 3.58. The molecule has 0 atom stereocenters. The molecule has 0 aromatic heterocycles. The van der Waals surface area contributed by atoms with Gasteiger partial charge < -0.3 is 0 Å². The third-order valence-corrected chi connectivity index (χ3v) is 3.52. The molecule has 17 heavy (non-hydrogen) atoms. The minimum atomic E-state index is 0.730. The minimum Gasteiger partial charge on any atom is -0.0628 e. The molecule has 1 aromatic carbocycles. The van der Waals surface area contributed by atoms with E-state index in [0.717, 1.165) is 11.8 Å². The first-order chi connectivity index (χ1) is 7.99. The maximum atomic E-state index is 3.58. The molecule has 0 fully saturated rings. The Labute approximate surface area is 115 Å². The fourth-order valence-electron chi connectivity index (χ4n) is 2.17. The summed E-state index contributed by atoms with van der Waals surface area (Å²) in [6.45, 7) is 9.19. The van der Waals surface area contributed by atoms with Gasteiger partial charge in [-0.1, -0.05) is 56.1 Å². The zero-order chi connectivity index (χ0) is 12.8. The van der Waals surface area contributed by atoms with Gasteiger partial charge in [-0.3, -0.25) is 0 Å². The molecule has 1 rings (SSSR count). The molecule has 1 heteroatoms. The maximum Gasteiger partial charge on any atom is 0.0178 e. The standard InChI is InChI=1S/C16H25Br/c1-12(2)6-5-7-14-8-9-16(17)11-15(14)10-13(3)4/h8-9,11-13H,5-7,10H2,1-4H3. The topological polar surface area (TPSA) is 0 Å². The highest BCUT2D eigenvalue weighted by molar-refractivity contribution is 9.10. The average molecular weight is 297 g/mol. The van der Waals surface area contributed by atoms with Crippen molar-refractivity contribution in [1.82, 2.24) is 0 Å². The molecular formula is C16H25Br. The first-order valence-corrected chi connectivity index (χ1v) is 7.55. The fourth-order valence-corrected chi connectivity index (χ4v) is 2.58. The molecule has 0 bridgehead atoms. The van der Waals surface area contributed by atoms with E-state index in [4.69, 9.17) is 0 Å². The second kappa shape index (κ2) is 7.20. The highest BCUT2D eigenvalue weighted by Gasteiger charge is 2.06. The molecule has 0 unspecified atom stereocenters. The predicted octanol–water partition coefficient (Wildman–Crippen LogP) is 5.63. The third-order valence-electron chi connectivity index (χ3n) is 3.02. The van der Waals surface area contributed by atoms with Crippen LogP contribution in [0.15, 0.2) is 22.7 Å². The molecule has 0 spiro atoms. The monoisotopic (exact) mass is 296 g/mol. The van der Waals surface area contributed by atoms with Gasteiger partial charge in [0.2, 0.25) is 0 Å². The molecule has 0 saturated heterocycles. The zero-order valence-electron chi connectivity index (χ0n) is 11.6. The summed E-state index contributed by atoms with van der Waals surface area (Å²) in [7, 11) is 0. The highest BCUT2D eigenvalue weighted by Crippen LogP contribution is 2.22. The Morgan fingerprint density at radius 2 is 1.71 bits per heavy atom. The van der Waals surface area contributed by atoms with E-state index in [1.165, 1.54) is 35.7 Å². The average Bonchev–Trinajstić information content (AvgIpc) is 2.20. The van der Waals surface area contributed by atoms with E-state index >= 15 is 0 Å². The summed E-state index contributed by atoms with van der Waals surface area (Å²) >= 11 is 3.58.